The van der Waals surface area contributed by atoms with Crippen LogP contribution in [0.15, 0.2) is 18.2 Å². The van der Waals surface area contributed by atoms with E-state index in [1.807, 2.05) is 0 Å². The predicted molar refractivity (Wildman–Crippen MR) is 79.5 cm³/mol. The monoisotopic (exact) mass is 288 g/mol. The van der Waals surface area contributed by atoms with E-state index in [1.165, 1.54) is 5.56 Å². The molecule has 6 heteroatoms. The number of rotatable bonds is 3. The van der Waals surface area contributed by atoms with Crippen molar-refractivity contribution in [3.63, 3.8) is 0 Å². The summed E-state index contributed by atoms with van der Waals surface area (Å²) in [4.78, 5) is 24.8. The second-order valence-corrected chi connectivity index (χ2v) is 5.62. The maximum absolute atomic E-state index is 11.9. The molecule has 3 amide bonds. The molecule has 0 saturated carbocycles. The van der Waals surface area contributed by atoms with E-state index in [0.717, 1.165) is 17.7 Å². The third-order valence-corrected chi connectivity index (χ3v) is 4.30. The van der Waals surface area contributed by atoms with Crippen molar-refractivity contribution in [2.45, 2.75) is 38.8 Å². The van der Waals surface area contributed by atoms with Gasteiger partial charge in [-0.1, -0.05) is 26.0 Å². The molecule has 2 aliphatic heterocycles. The van der Waals surface area contributed by atoms with Gasteiger partial charge < -0.3 is 10.3 Å². The highest BCUT2D eigenvalue weighted by Gasteiger charge is 2.34. The quantitative estimate of drug-likeness (QED) is 0.796. The molecule has 1 aromatic carbocycles. The molecule has 6 nitrogen and oxygen atoms in total. The highest BCUT2D eigenvalue weighted by atomic mass is 16.2. The van der Waals surface area contributed by atoms with Gasteiger partial charge in [0.1, 0.15) is 6.17 Å². The minimum atomic E-state index is -0.343. The summed E-state index contributed by atoms with van der Waals surface area (Å²) in [5.41, 5.74) is 9.59. The number of benzene rings is 1. The van der Waals surface area contributed by atoms with Crippen molar-refractivity contribution in [2.24, 2.45) is 0 Å². The molecule has 0 radical (unpaired) electrons. The lowest BCUT2D eigenvalue weighted by atomic mass is 9.96. The van der Waals surface area contributed by atoms with E-state index in [4.69, 9.17) is 0 Å². The third kappa shape index (κ3) is 2.47. The molecule has 112 valence electrons. The number of carbonyl (C=O) groups is 2. The molecule has 0 aromatic heterocycles. The molecule has 1 aromatic rings. The molecule has 2 unspecified atom stereocenters. The van der Waals surface area contributed by atoms with Gasteiger partial charge in [0, 0.05) is 18.5 Å². The van der Waals surface area contributed by atoms with E-state index in [9.17, 15) is 9.59 Å². The first kappa shape index (κ1) is 13.9. The molecule has 1 fully saturated rings. The lowest BCUT2D eigenvalue weighted by Gasteiger charge is -2.31. The summed E-state index contributed by atoms with van der Waals surface area (Å²) in [5, 5.41) is 2.36. The molecule has 3 rings (SSSR count). The van der Waals surface area contributed by atoms with Gasteiger partial charge in [0.15, 0.2) is 0 Å². The predicted octanol–water partition coefficient (Wildman–Crippen LogP) is 2.07. The average Bonchev–Trinajstić information content (AvgIpc) is 2.89. The molecule has 0 aliphatic carbocycles. The Labute approximate surface area is 123 Å². The van der Waals surface area contributed by atoms with E-state index in [2.05, 4.69) is 48.2 Å². The van der Waals surface area contributed by atoms with Gasteiger partial charge in [0.25, 0.3) is 0 Å². The van der Waals surface area contributed by atoms with Gasteiger partial charge in [0.2, 0.25) is 5.91 Å². The Kier molecular flexibility index (Phi) is 3.55. The molecule has 2 atom stereocenters. The van der Waals surface area contributed by atoms with Crippen LogP contribution in [-0.4, -0.2) is 23.4 Å². The molecule has 3 N–H and O–H groups in total. The smallest absolute Gasteiger partial charge is 0.319 e. The van der Waals surface area contributed by atoms with Crippen molar-refractivity contribution < 1.29 is 9.59 Å². The third-order valence-electron chi connectivity index (χ3n) is 4.30. The van der Waals surface area contributed by atoms with Crippen molar-refractivity contribution in [3.05, 3.63) is 29.3 Å². The number of imide groups is 1. The van der Waals surface area contributed by atoms with Crippen molar-refractivity contribution in [1.29, 1.82) is 0 Å². The first-order valence-corrected chi connectivity index (χ1v) is 7.36. The van der Waals surface area contributed by atoms with Gasteiger partial charge in [0.05, 0.1) is 5.69 Å². The van der Waals surface area contributed by atoms with Gasteiger partial charge in [-0.3, -0.25) is 10.1 Å². The number of nitrogens with zero attached hydrogens (tertiary/aromatic N) is 1. The van der Waals surface area contributed by atoms with Crippen LogP contribution in [0.1, 0.15) is 49.9 Å². The van der Waals surface area contributed by atoms with Crippen LogP contribution in [0, 0.1) is 0 Å². The zero-order valence-electron chi connectivity index (χ0n) is 12.3. The summed E-state index contributed by atoms with van der Waals surface area (Å²) in [6.07, 6.45) is 1.19. The Morgan fingerprint density at radius 2 is 2.19 bits per heavy atom. The fourth-order valence-corrected chi connectivity index (χ4v) is 2.76. The largest absolute Gasteiger partial charge is 0.325 e. The van der Waals surface area contributed by atoms with Gasteiger partial charge in [-0.15, -0.1) is 0 Å². The van der Waals surface area contributed by atoms with Crippen molar-refractivity contribution >= 4 is 17.6 Å². The zero-order valence-corrected chi connectivity index (χ0v) is 12.3. The van der Waals surface area contributed by atoms with Crippen molar-refractivity contribution in [1.82, 2.24) is 15.6 Å². The van der Waals surface area contributed by atoms with Crippen LogP contribution in [-0.2, 0) is 4.79 Å². The van der Waals surface area contributed by atoms with Crippen molar-refractivity contribution in [3.8, 4) is 0 Å². The fourth-order valence-electron chi connectivity index (χ4n) is 2.76. The molecule has 2 heterocycles. The molecule has 1 saturated heterocycles. The van der Waals surface area contributed by atoms with Crippen LogP contribution in [0.3, 0.4) is 0 Å². The van der Waals surface area contributed by atoms with Crippen LogP contribution in [0.25, 0.3) is 0 Å². The molecule has 0 bridgehead atoms. The molecule has 2 aliphatic rings. The fraction of sp³-hybridized carbons (Fsp3) is 0.467. The number of amides is 3. The summed E-state index contributed by atoms with van der Waals surface area (Å²) in [7, 11) is 0. The van der Waals surface area contributed by atoms with E-state index in [-0.39, 0.29) is 18.1 Å². The highest BCUT2D eigenvalue weighted by Crippen LogP contribution is 2.34. The van der Waals surface area contributed by atoms with Crippen molar-refractivity contribution in [2.75, 3.05) is 12.0 Å². The number of hydrogen-bond donors (Lipinski definition) is 3. The Morgan fingerprint density at radius 1 is 1.38 bits per heavy atom. The van der Waals surface area contributed by atoms with Crippen LogP contribution in [0.4, 0.5) is 10.5 Å². The second-order valence-electron chi connectivity index (χ2n) is 5.62. The zero-order chi connectivity index (χ0) is 15.0. The number of carbonyl (C=O) groups excluding carboxylic acids is 2. The number of hydrogen-bond acceptors (Lipinski definition) is 4. The Morgan fingerprint density at radius 3 is 2.90 bits per heavy atom. The summed E-state index contributed by atoms with van der Waals surface area (Å²) in [5.74, 6) is 0.293. The second kappa shape index (κ2) is 5.37. The van der Waals surface area contributed by atoms with Crippen LogP contribution >= 0.6 is 0 Å². The first-order chi connectivity index (χ1) is 10.1. The molecular weight excluding hydrogens is 268 g/mol. The lowest BCUT2D eigenvalue weighted by molar-refractivity contribution is -0.121. The summed E-state index contributed by atoms with van der Waals surface area (Å²) in [6.45, 7) is 4.79. The number of nitrogens with one attached hydrogen (secondary N) is 3. The van der Waals surface area contributed by atoms with Crippen LogP contribution in [0.2, 0.25) is 0 Å². The average molecular weight is 288 g/mol. The minimum Gasteiger partial charge on any atom is -0.319 e. The maximum Gasteiger partial charge on any atom is 0.325 e. The van der Waals surface area contributed by atoms with Gasteiger partial charge in [-0.05, 0) is 24.0 Å². The summed E-state index contributed by atoms with van der Waals surface area (Å²) < 4.78 is 0. The first-order valence-electron chi connectivity index (χ1n) is 7.36. The van der Waals surface area contributed by atoms with Gasteiger partial charge in [-0.2, -0.15) is 0 Å². The number of hydrazine groups is 1. The topological polar surface area (TPSA) is 73.5 Å². The van der Waals surface area contributed by atoms with Crippen LogP contribution in [0.5, 0.6) is 0 Å². The van der Waals surface area contributed by atoms with E-state index < -0.39 is 0 Å². The normalized spacial score (nSPS) is 22.6. The van der Waals surface area contributed by atoms with Crippen LogP contribution < -0.4 is 16.2 Å². The number of anilines is 1. The molecular formula is C15H20N4O2. The molecule has 0 spiro atoms. The molecule has 21 heavy (non-hydrogen) atoms. The number of fused-ring (bicyclic) bond motifs is 1. The highest BCUT2D eigenvalue weighted by molar-refractivity contribution is 5.96. The van der Waals surface area contributed by atoms with E-state index >= 15 is 0 Å². The Bertz CT molecular complexity index is 587. The van der Waals surface area contributed by atoms with E-state index in [1.54, 1.807) is 4.90 Å². The standard InChI is InChI=1S/C15H20N4O2/c1-3-9(2)10-4-5-11-12(8-10)17-18-14(11)19-7-6-13(20)16-15(19)21/h4-5,8-9,14,17-18H,3,6-7H2,1-2H3,(H,16,20,21). The summed E-state index contributed by atoms with van der Waals surface area (Å²) >= 11 is 0. The van der Waals surface area contributed by atoms with E-state index in [0.29, 0.717) is 18.9 Å². The van der Waals surface area contributed by atoms with Gasteiger partial charge in [-0.25, -0.2) is 10.2 Å². The Hall–Kier alpha value is -2.08. The maximum atomic E-state index is 11.9. The SMILES string of the molecule is CCC(C)c1ccc2c(c1)NNC2N1CCC(=O)NC1=O. The minimum absolute atomic E-state index is 0.213. The lowest BCUT2D eigenvalue weighted by Crippen LogP contribution is -2.53. The van der Waals surface area contributed by atoms with Gasteiger partial charge >= 0.3 is 6.03 Å². The summed E-state index contributed by atoms with van der Waals surface area (Å²) in [6, 6.07) is 5.95. The Balaban J connectivity index is 1.84. The number of urea groups is 1.